The Labute approximate surface area is 167 Å². The summed E-state index contributed by atoms with van der Waals surface area (Å²) in [5, 5.41) is 7.41. The second-order valence-corrected chi connectivity index (χ2v) is 7.52. The molecule has 0 bridgehead atoms. The molecule has 1 heterocycles. The van der Waals surface area contributed by atoms with Gasteiger partial charge in [0, 0.05) is 25.2 Å². The molecule has 4 rings (SSSR count). The van der Waals surface area contributed by atoms with E-state index in [1.54, 1.807) is 0 Å². The zero-order chi connectivity index (χ0) is 19.0. The number of hydrogen-bond donors (Lipinski definition) is 2. The average molecular weight is 373 g/mol. The van der Waals surface area contributed by atoms with Crippen molar-refractivity contribution in [2.75, 3.05) is 13.1 Å². The lowest BCUT2D eigenvalue weighted by Crippen LogP contribution is -2.55. The fourth-order valence-corrected chi connectivity index (χ4v) is 3.70. The van der Waals surface area contributed by atoms with Gasteiger partial charge in [0.05, 0.1) is 0 Å². The van der Waals surface area contributed by atoms with Crippen molar-refractivity contribution in [1.29, 1.82) is 0 Å². The highest BCUT2D eigenvalue weighted by molar-refractivity contribution is 5.28. The minimum atomic E-state index is 0.475. The maximum absolute atomic E-state index is 5.88. The van der Waals surface area contributed by atoms with Crippen molar-refractivity contribution in [3.8, 4) is 5.75 Å². The van der Waals surface area contributed by atoms with Crippen molar-refractivity contribution < 1.29 is 4.74 Å². The van der Waals surface area contributed by atoms with Crippen LogP contribution in [0.15, 0.2) is 84.9 Å². The lowest BCUT2D eigenvalue weighted by Gasteiger charge is -2.31. The molecule has 2 atom stereocenters. The van der Waals surface area contributed by atoms with Crippen LogP contribution in [0, 0.1) is 0 Å². The van der Waals surface area contributed by atoms with Crippen LogP contribution in [0.3, 0.4) is 0 Å². The molecule has 0 aromatic heterocycles. The zero-order valence-corrected chi connectivity index (χ0v) is 16.2. The number of piperazine rings is 1. The van der Waals surface area contributed by atoms with Crippen molar-refractivity contribution >= 4 is 0 Å². The predicted molar refractivity (Wildman–Crippen MR) is 115 cm³/mol. The molecule has 2 N–H and O–H groups in total. The van der Waals surface area contributed by atoms with E-state index >= 15 is 0 Å². The van der Waals surface area contributed by atoms with Gasteiger partial charge in [0.15, 0.2) is 0 Å². The van der Waals surface area contributed by atoms with Crippen LogP contribution < -0.4 is 15.4 Å². The van der Waals surface area contributed by atoms with Gasteiger partial charge in [-0.1, -0.05) is 72.8 Å². The van der Waals surface area contributed by atoms with Crippen LogP contribution >= 0.6 is 0 Å². The summed E-state index contributed by atoms with van der Waals surface area (Å²) < 4.78 is 5.88. The zero-order valence-electron chi connectivity index (χ0n) is 16.2. The summed E-state index contributed by atoms with van der Waals surface area (Å²) in [6, 6.07) is 30.5. The van der Waals surface area contributed by atoms with E-state index in [-0.39, 0.29) is 0 Å². The Morgan fingerprint density at radius 1 is 0.607 bits per heavy atom. The van der Waals surface area contributed by atoms with Gasteiger partial charge in [-0.15, -0.1) is 0 Å². The van der Waals surface area contributed by atoms with Gasteiger partial charge in [0.2, 0.25) is 0 Å². The highest BCUT2D eigenvalue weighted by atomic mass is 16.5. The minimum absolute atomic E-state index is 0.475. The molecule has 3 aromatic rings. The van der Waals surface area contributed by atoms with Crippen molar-refractivity contribution in [2.24, 2.45) is 0 Å². The number of nitrogens with one attached hydrogen (secondary N) is 2. The predicted octanol–water partition coefficient (Wildman–Crippen LogP) is 3.98. The molecule has 28 heavy (non-hydrogen) atoms. The Kier molecular flexibility index (Phi) is 6.38. The van der Waals surface area contributed by atoms with Crippen molar-refractivity contribution in [3.63, 3.8) is 0 Å². The number of benzene rings is 3. The topological polar surface area (TPSA) is 33.3 Å². The summed E-state index contributed by atoms with van der Waals surface area (Å²) in [4.78, 5) is 0. The van der Waals surface area contributed by atoms with Gasteiger partial charge in [-0.25, -0.2) is 0 Å². The van der Waals surface area contributed by atoms with Crippen molar-refractivity contribution in [2.45, 2.75) is 31.5 Å². The van der Waals surface area contributed by atoms with Gasteiger partial charge in [0.1, 0.15) is 12.4 Å². The number of hydrogen-bond acceptors (Lipinski definition) is 3. The van der Waals surface area contributed by atoms with Gasteiger partial charge in [-0.05, 0) is 41.7 Å². The third-order valence-corrected chi connectivity index (χ3v) is 5.28. The molecular weight excluding hydrogens is 344 g/mol. The maximum atomic E-state index is 5.88. The van der Waals surface area contributed by atoms with E-state index in [2.05, 4.69) is 77.4 Å². The third kappa shape index (κ3) is 5.44. The highest BCUT2D eigenvalue weighted by Crippen LogP contribution is 2.16. The maximum Gasteiger partial charge on any atom is 0.119 e. The SMILES string of the molecule is c1ccc(COc2ccc(C[C@@H]3CN[C@H](Cc4ccccc4)CN3)cc2)cc1. The fraction of sp³-hybridized carbons (Fsp3) is 0.280. The van der Waals surface area contributed by atoms with Crippen LogP contribution in [0.1, 0.15) is 16.7 Å². The first-order valence-corrected chi connectivity index (χ1v) is 10.1. The van der Waals surface area contributed by atoms with E-state index in [1.165, 1.54) is 16.7 Å². The lowest BCUT2D eigenvalue weighted by molar-refractivity contribution is 0.306. The molecular formula is C25H28N2O. The van der Waals surface area contributed by atoms with Gasteiger partial charge in [0.25, 0.3) is 0 Å². The summed E-state index contributed by atoms with van der Waals surface area (Å²) in [7, 11) is 0. The summed E-state index contributed by atoms with van der Waals surface area (Å²) in [6.45, 7) is 2.62. The summed E-state index contributed by atoms with van der Waals surface area (Å²) in [5.74, 6) is 0.922. The molecule has 3 nitrogen and oxygen atoms in total. The van der Waals surface area contributed by atoms with Crippen LogP contribution in [0.5, 0.6) is 5.75 Å². The molecule has 1 aliphatic heterocycles. The largest absolute Gasteiger partial charge is 0.489 e. The molecule has 0 saturated carbocycles. The molecule has 1 aliphatic rings. The van der Waals surface area contributed by atoms with Gasteiger partial charge >= 0.3 is 0 Å². The van der Waals surface area contributed by atoms with Crippen molar-refractivity contribution in [1.82, 2.24) is 10.6 Å². The van der Waals surface area contributed by atoms with E-state index in [9.17, 15) is 0 Å². The Morgan fingerprint density at radius 2 is 1.11 bits per heavy atom. The van der Waals surface area contributed by atoms with Crippen molar-refractivity contribution in [3.05, 3.63) is 102 Å². The normalized spacial score (nSPS) is 19.3. The Bertz CT molecular complexity index is 825. The second-order valence-electron chi connectivity index (χ2n) is 7.52. The van der Waals surface area contributed by atoms with E-state index in [1.807, 2.05) is 18.2 Å². The van der Waals surface area contributed by atoms with Crippen LogP contribution in [0.2, 0.25) is 0 Å². The van der Waals surface area contributed by atoms with E-state index < -0.39 is 0 Å². The van der Waals surface area contributed by atoms with E-state index in [4.69, 9.17) is 4.74 Å². The molecule has 1 saturated heterocycles. The van der Waals surface area contributed by atoms with Gasteiger partial charge in [-0.2, -0.15) is 0 Å². The first-order chi connectivity index (χ1) is 13.8. The Morgan fingerprint density at radius 3 is 1.64 bits per heavy atom. The lowest BCUT2D eigenvalue weighted by atomic mass is 10.00. The molecule has 1 fully saturated rings. The Hall–Kier alpha value is -2.62. The number of rotatable bonds is 7. The molecule has 0 unspecified atom stereocenters. The van der Waals surface area contributed by atoms with Gasteiger partial charge in [-0.3, -0.25) is 0 Å². The number of ether oxygens (including phenoxy) is 1. The molecule has 0 radical (unpaired) electrons. The first kappa shape index (κ1) is 18.7. The summed E-state index contributed by atoms with van der Waals surface area (Å²) in [5.41, 5.74) is 3.92. The molecule has 0 spiro atoms. The van der Waals surface area contributed by atoms with E-state index in [0.717, 1.165) is 31.7 Å². The molecule has 0 aliphatic carbocycles. The average Bonchev–Trinajstić information content (AvgIpc) is 2.76. The summed E-state index contributed by atoms with van der Waals surface area (Å²) in [6.07, 6.45) is 2.11. The second kappa shape index (κ2) is 9.54. The van der Waals surface area contributed by atoms with Crippen LogP contribution in [0.4, 0.5) is 0 Å². The Balaban J connectivity index is 1.22. The highest BCUT2D eigenvalue weighted by Gasteiger charge is 2.20. The molecule has 3 aromatic carbocycles. The monoisotopic (exact) mass is 372 g/mol. The minimum Gasteiger partial charge on any atom is -0.489 e. The smallest absolute Gasteiger partial charge is 0.119 e. The first-order valence-electron chi connectivity index (χ1n) is 10.1. The van der Waals surface area contributed by atoms with E-state index in [0.29, 0.717) is 18.7 Å². The molecule has 144 valence electrons. The van der Waals surface area contributed by atoms with Crippen LogP contribution in [-0.4, -0.2) is 25.2 Å². The quantitative estimate of drug-likeness (QED) is 0.658. The molecule has 3 heteroatoms. The fourth-order valence-electron chi connectivity index (χ4n) is 3.70. The van der Waals surface area contributed by atoms with Crippen LogP contribution in [-0.2, 0) is 19.4 Å². The summed E-state index contributed by atoms with van der Waals surface area (Å²) >= 11 is 0. The molecule has 0 amide bonds. The van der Waals surface area contributed by atoms with Crippen LogP contribution in [0.25, 0.3) is 0 Å². The third-order valence-electron chi connectivity index (χ3n) is 5.28. The standard InChI is InChI=1S/C25H28N2O/c1-3-7-20(8-4-1)15-23-17-27-24(18-26-23)16-21-11-13-25(14-12-21)28-19-22-9-5-2-6-10-22/h1-14,23-24,26-27H,15-19H2/t23-,24-/m1/s1. The van der Waals surface area contributed by atoms with Gasteiger partial charge < -0.3 is 15.4 Å².